The van der Waals surface area contributed by atoms with Gasteiger partial charge >= 0.3 is 0 Å². The fraction of sp³-hybridized carbons (Fsp3) is 0. The Hall–Kier alpha value is -5.67. The smallest absolute Gasteiger partial charge is 0.146 e. The van der Waals surface area contributed by atoms with E-state index in [-0.39, 0.29) is 0 Å². The SMILES string of the molecule is c1ccc(-n2c3ccccc3c3cc(-c4ccc5c(c4)c4cccc6c7cc8ccccc8nc7n5c46)ccc32)cc1. The van der Waals surface area contributed by atoms with Gasteiger partial charge in [0.05, 0.1) is 27.6 Å². The van der Waals surface area contributed by atoms with Gasteiger partial charge in [0.2, 0.25) is 0 Å². The van der Waals surface area contributed by atoms with E-state index in [9.17, 15) is 0 Å². The molecule has 10 rings (SSSR count). The zero-order valence-electron chi connectivity index (χ0n) is 22.6. The zero-order chi connectivity index (χ0) is 27.4. The van der Waals surface area contributed by atoms with Gasteiger partial charge in [0.15, 0.2) is 0 Å². The van der Waals surface area contributed by atoms with Crippen molar-refractivity contribution in [1.29, 1.82) is 0 Å². The first-order valence-electron chi connectivity index (χ1n) is 14.4. The molecule has 0 N–H and O–H groups in total. The molecule has 0 radical (unpaired) electrons. The van der Waals surface area contributed by atoms with Crippen LogP contribution in [0.4, 0.5) is 0 Å². The van der Waals surface area contributed by atoms with Gasteiger partial charge in [-0.3, -0.25) is 4.40 Å². The van der Waals surface area contributed by atoms with E-state index >= 15 is 0 Å². The summed E-state index contributed by atoms with van der Waals surface area (Å²) >= 11 is 0. The van der Waals surface area contributed by atoms with Crippen LogP contribution in [0.3, 0.4) is 0 Å². The number of nitrogens with zero attached hydrogens (tertiary/aromatic N) is 3. The highest BCUT2D eigenvalue weighted by molar-refractivity contribution is 6.24. The maximum atomic E-state index is 5.15. The molecular weight excluding hydrogens is 510 g/mol. The molecule has 0 bridgehead atoms. The van der Waals surface area contributed by atoms with E-state index in [1.54, 1.807) is 0 Å². The first-order valence-corrected chi connectivity index (χ1v) is 14.4. The lowest BCUT2D eigenvalue weighted by atomic mass is 10.00. The van der Waals surface area contributed by atoms with Gasteiger partial charge in [-0.1, -0.05) is 84.9 Å². The summed E-state index contributed by atoms with van der Waals surface area (Å²) in [5, 5.41) is 8.71. The van der Waals surface area contributed by atoms with E-state index in [4.69, 9.17) is 4.98 Å². The summed E-state index contributed by atoms with van der Waals surface area (Å²) in [5.41, 5.74) is 10.6. The van der Waals surface area contributed by atoms with Crippen LogP contribution in [0.2, 0.25) is 0 Å². The zero-order valence-corrected chi connectivity index (χ0v) is 22.6. The predicted octanol–water partition coefficient (Wildman–Crippen LogP) is 10.1. The van der Waals surface area contributed by atoms with E-state index in [2.05, 4.69) is 148 Å². The lowest BCUT2D eigenvalue weighted by Crippen LogP contribution is -1.92. The van der Waals surface area contributed by atoms with Gasteiger partial charge in [-0.15, -0.1) is 0 Å². The second-order valence-corrected chi connectivity index (χ2v) is 11.2. The van der Waals surface area contributed by atoms with Gasteiger partial charge in [0, 0.05) is 43.4 Å². The Balaban J connectivity index is 1.23. The molecule has 0 aliphatic carbocycles. The number of fused-ring (bicyclic) bond motifs is 10. The number of pyridine rings is 1. The van der Waals surface area contributed by atoms with Crippen LogP contribution in [-0.2, 0) is 0 Å². The van der Waals surface area contributed by atoms with Crippen molar-refractivity contribution in [2.75, 3.05) is 0 Å². The maximum Gasteiger partial charge on any atom is 0.146 e. The highest BCUT2D eigenvalue weighted by Crippen LogP contribution is 2.41. The van der Waals surface area contributed by atoms with Gasteiger partial charge in [0.25, 0.3) is 0 Å². The van der Waals surface area contributed by atoms with E-state index < -0.39 is 0 Å². The minimum atomic E-state index is 1.03. The van der Waals surface area contributed by atoms with Crippen LogP contribution in [-0.4, -0.2) is 14.0 Å². The van der Waals surface area contributed by atoms with Crippen LogP contribution in [0.15, 0.2) is 140 Å². The molecule has 0 aliphatic rings. The molecule has 0 saturated heterocycles. The van der Waals surface area contributed by atoms with Gasteiger partial charge in [-0.2, -0.15) is 0 Å². The average molecular weight is 534 g/mol. The van der Waals surface area contributed by atoms with Crippen LogP contribution in [0.1, 0.15) is 0 Å². The minimum Gasteiger partial charge on any atom is -0.309 e. The minimum absolute atomic E-state index is 1.03. The number of hydrogen-bond donors (Lipinski definition) is 0. The Labute approximate surface area is 240 Å². The normalized spacial score (nSPS) is 12.3. The molecule has 3 nitrogen and oxygen atoms in total. The number of benzene rings is 6. The van der Waals surface area contributed by atoms with Crippen molar-refractivity contribution in [3.63, 3.8) is 0 Å². The summed E-state index contributed by atoms with van der Waals surface area (Å²) in [6.45, 7) is 0. The van der Waals surface area contributed by atoms with Crippen LogP contribution in [0.25, 0.3) is 87.7 Å². The molecule has 10 aromatic rings. The molecule has 0 aliphatic heterocycles. The second kappa shape index (κ2) is 7.96. The van der Waals surface area contributed by atoms with Crippen molar-refractivity contribution in [1.82, 2.24) is 14.0 Å². The molecule has 4 aromatic heterocycles. The Bertz CT molecular complexity index is 2670. The Morgan fingerprint density at radius 3 is 1.93 bits per heavy atom. The third kappa shape index (κ3) is 2.82. The van der Waals surface area contributed by atoms with Crippen LogP contribution in [0.5, 0.6) is 0 Å². The molecule has 0 atom stereocenters. The van der Waals surface area contributed by atoms with Crippen LogP contribution in [0, 0.1) is 0 Å². The Kier molecular flexibility index (Phi) is 4.18. The number of hydrogen-bond acceptors (Lipinski definition) is 1. The molecule has 194 valence electrons. The van der Waals surface area contributed by atoms with Gasteiger partial charge in [-0.05, 0) is 65.7 Å². The van der Waals surface area contributed by atoms with Crippen molar-refractivity contribution in [3.05, 3.63) is 140 Å². The summed E-state index contributed by atoms with van der Waals surface area (Å²) in [7, 11) is 0. The van der Waals surface area contributed by atoms with Crippen molar-refractivity contribution in [3.8, 4) is 16.8 Å². The molecule has 0 spiro atoms. The molecule has 0 unspecified atom stereocenters. The van der Waals surface area contributed by atoms with Gasteiger partial charge in [-0.25, -0.2) is 4.98 Å². The second-order valence-electron chi connectivity index (χ2n) is 11.2. The fourth-order valence-corrected chi connectivity index (χ4v) is 7.17. The molecule has 6 aromatic carbocycles. The summed E-state index contributed by atoms with van der Waals surface area (Å²) < 4.78 is 4.73. The standard InChI is InChI=1S/C39H23N3/c1-2-10-27(11-3-1)41-35-16-7-5-12-28(35)31-21-24(17-19-36(31)41)25-18-20-37-32(22-25)29-13-8-14-30-33-23-26-9-4-6-15-34(26)40-39(33)42(37)38(29)30/h1-23H. The fourth-order valence-electron chi connectivity index (χ4n) is 7.17. The summed E-state index contributed by atoms with van der Waals surface area (Å²) in [4.78, 5) is 5.15. The number of aromatic nitrogens is 3. The molecule has 3 heteroatoms. The highest BCUT2D eigenvalue weighted by atomic mass is 15.0. The van der Waals surface area contributed by atoms with Crippen LogP contribution >= 0.6 is 0 Å². The third-order valence-electron chi connectivity index (χ3n) is 9.01. The van der Waals surface area contributed by atoms with Crippen LogP contribution < -0.4 is 0 Å². The number of rotatable bonds is 2. The monoisotopic (exact) mass is 533 g/mol. The van der Waals surface area contributed by atoms with Crippen molar-refractivity contribution >= 4 is 70.9 Å². The summed E-state index contributed by atoms with van der Waals surface area (Å²) in [6.07, 6.45) is 0. The molecule has 0 fully saturated rings. The molecule has 0 amide bonds. The van der Waals surface area contributed by atoms with E-state index in [1.807, 2.05) is 0 Å². The molecule has 4 heterocycles. The average Bonchev–Trinajstić information content (AvgIpc) is 3.68. The first-order chi connectivity index (χ1) is 20.8. The quantitative estimate of drug-likeness (QED) is 0.217. The lowest BCUT2D eigenvalue weighted by Gasteiger charge is -2.08. The highest BCUT2D eigenvalue weighted by Gasteiger charge is 2.19. The predicted molar refractivity (Wildman–Crippen MR) is 176 cm³/mol. The molecule has 0 saturated carbocycles. The summed E-state index contributed by atoms with van der Waals surface area (Å²) in [6, 6.07) is 50.5. The first kappa shape index (κ1) is 22.1. The third-order valence-corrected chi connectivity index (χ3v) is 9.01. The molecule has 42 heavy (non-hydrogen) atoms. The van der Waals surface area contributed by atoms with Crippen molar-refractivity contribution in [2.24, 2.45) is 0 Å². The van der Waals surface area contributed by atoms with E-state index in [0.717, 1.165) is 11.2 Å². The van der Waals surface area contributed by atoms with Crippen molar-refractivity contribution in [2.45, 2.75) is 0 Å². The Morgan fingerprint density at radius 1 is 0.429 bits per heavy atom. The lowest BCUT2D eigenvalue weighted by molar-refractivity contribution is 1.18. The molecular formula is C39H23N3. The van der Waals surface area contributed by atoms with Crippen molar-refractivity contribution < 1.29 is 0 Å². The Morgan fingerprint density at radius 2 is 1.07 bits per heavy atom. The van der Waals surface area contributed by atoms with Gasteiger partial charge < -0.3 is 4.57 Å². The maximum absolute atomic E-state index is 5.15. The van der Waals surface area contributed by atoms with E-state index in [1.165, 1.54) is 76.6 Å². The van der Waals surface area contributed by atoms with E-state index in [0.29, 0.717) is 0 Å². The topological polar surface area (TPSA) is 22.2 Å². The number of para-hydroxylation sites is 4. The largest absolute Gasteiger partial charge is 0.309 e. The van der Waals surface area contributed by atoms with Gasteiger partial charge in [0.1, 0.15) is 5.65 Å². The summed E-state index contributed by atoms with van der Waals surface area (Å²) in [5.74, 6) is 0.